The molecular formula is C15H16ClNO2S. The topological polar surface area (TPSA) is 52.3 Å². The molecule has 3 nitrogen and oxygen atoms in total. The molecule has 0 aliphatic carbocycles. The van der Waals surface area contributed by atoms with Crippen LogP contribution in [0.15, 0.2) is 18.2 Å². The Bertz CT molecular complexity index is 664. The number of hydrogen-bond acceptors (Lipinski definition) is 4. The van der Waals surface area contributed by atoms with Crippen molar-refractivity contribution in [3.8, 4) is 10.4 Å². The first-order valence-corrected chi connectivity index (χ1v) is 7.45. The number of halogens is 1. The summed E-state index contributed by atoms with van der Waals surface area (Å²) in [5, 5.41) is 0.696. The zero-order valence-electron chi connectivity index (χ0n) is 11.6. The molecule has 1 aromatic heterocycles. The van der Waals surface area contributed by atoms with Gasteiger partial charge in [0.1, 0.15) is 4.88 Å². The molecule has 5 heteroatoms. The average Bonchev–Trinajstić information content (AvgIpc) is 2.74. The fourth-order valence-electron chi connectivity index (χ4n) is 2.17. The van der Waals surface area contributed by atoms with Crippen molar-refractivity contribution in [2.75, 3.05) is 12.8 Å². The molecular weight excluding hydrogens is 294 g/mol. The molecule has 0 aliphatic rings. The van der Waals surface area contributed by atoms with Gasteiger partial charge in [0.2, 0.25) is 0 Å². The Kier molecular flexibility index (Phi) is 4.35. The molecule has 0 fully saturated rings. The molecule has 0 radical (unpaired) electrons. The Balaban J connectivity index is 2.64. The van der Waals surface area contributed by atoms with Crippen molar-refractivity contribution in [3.05, 3.63) is 39.2 Å². The van der Waals surface area contributed by atoms with E-state index in [1.165, 1.54) is 18.4 Å². The molecule has 2 aromatic rings. The highest BCUT2D eigenvalue weighted by atomic mass is 35.5. The first kappa shape index (κ1) is 14.9. The fourth-order valence-corrected chi connectivity index (χ4v) is 3.72. The first-order chi connectivity index (χ1) is 9.49. The highest BCUT2D eigenvalue weighted by Gasteiger charge is 2.22. The van der Waals surface area contributed by atoms with Crippen LogP contribution in [-0.2, 0) is 11.2 Å². The third-order valence-corrected chi connectivity index (χ3v) is 4.70. The number of nitrogens with two attached hydrogens (primary N) is 1. The van der Waals surface area contributed by atoms with Crippen molar-refractivity contribution in [1.82, 2.24) is 0 Å². The lowest BCUT2D eigenvalue weighted by atomic mass is 10.0. The Hall–Kier alpha value is -1.52. The predicted octanol–water partition coefficient (Wildman–Crippen LogP) is 4.31. The highest BCUT2D eigenvalue weighted by Crippen LogP contribution is 2.41. The Morgan fingerprint density at radius 3 is 2.70 bits per heavy atom. The standard InChI is InChI=1S/C15H16ClNO2S/c1-4-10-12(17)14(15(18)19-3)20-13(10)11-6-5-9(16)7-8(11)2/h5-7H,4,17H2,1-3H3. The minimum absolute atomic E-state index is 0.389. The molecule has 0 aliphatic heterocycles. The van der Waals surface area contributed by atoms with E-state index in [0.29, 0.717) is 15.6 Å². The summed E-state index contributed by atoms with van der Waals surface area (Å²) in [6.07, 6.45) is 0.761. The van der Waals surface area contributed by atoms with Crippen LogP contribution < -0.4 is 5.73 Å². The Labute approximate surface area is 127 Å². The lowest BCUT2D eigenvalue weighted by molar-refractivity contribution is 0.0607. The molecule has 2 N–H and O–H groups in total. The number of carbonyl (C=O) groups excluding carboxylic acids is 1. The predicted molar refractivity (Wildman–Crippen MR) is 84.6 cm³/mol. The van der Waals surface area contributed by atoms with E-state index in [2.05, 4.69) is 0 Å². The number of nitrogen functional groups attached to an aromatic ring is 1. The number of benzene rings is 1. The number of methoxy groups -OCH3 is 1. The third-order valence-electron chi connectivity index (χ3n) is 3.21. The van der Waals surface area contributed by atoms with Crippen molar-refractivity contribution in [2.24, 2.45) is 0 Å². The quantitative estimate of drug-likeness (QED) is 0.860. The van der Waals surface area contributed by atoms with E-state index in [9.17, 15) is 4.79 Å². The van der Waals surface area contributed by atoms with Gasteiger partial charge in [0.05, 0.1) is 12.8 Å². The van der Waals surface area contributed by atoms with Crippen molar-refractivity contribution in [2.45, 2.75) is 20.3 Å². The van der Waals surface area contributed by atoms with Gasteiger partial charge in [-0.1, -0.05) is 24.6 Å². The summed E-state index contributed by atoms with van der Waals surface area (Å²) < 4.78 is 4.79. The van der Waals surface area contributed by atoms with Crippen LogP contribution in [0.5, 0.6) is 0 Å². The Morgan fingerprint density at radius 2 is 2.15 bits per heavy atom. The van der Waals surface area contributed by atoms with Gasteiger partial charge in [-0.15, -0.1) is 11.3 Å². The monoisotopic (exact) mass is 309 g/mol. The van der Waals surface area contributed by atoms with Crippen LogP contribution >= 0.6 is 22.9 Å². The van der Waals surface area contributed by atoms with Crippen molar-refractivity contribution >= 4 is 34.6 Å². The lowest BCUT2D eigenvalue weighted by Gasteiger charge is -2.07. The molecule has 0 amide bonds. The van der Waals surface area contributed by atoms with Gasteiger partial charge in [-0.2, -0.15) is 0 Å². The highest BCUT2D eigenvalue weighted by molar-refractivity contribution is 7.18. The number of aryl methyl sites for hydroxylation is 1. The zero-order chi connectivity index (χ0) is 14.9. The van der Waals surface area contributed by atoms with E-state index < -0.39 is 0 Å². The van der Waals surface area contributed by atoms with Crippen molar-refractivity contribution < 1.29 is 9.53 Å². The van der Waals surface area contributed by atoms with E-state index in [4.69, 9.17) is 22.1 Å². The molecule has 1 aromatic carbocycles. The normalized spacial score (nSPS) is 10.6. The second kappa shape index (κ2) is 5.85. The smallest absolute Gasteiger partial charge is 0.350 e. The summed E-state index contributed by atoms with van der Waals surface area (Å²) in [5.74, 6) is -0.389. The van der Waals surface area contributed by atoms with Crippen LogP contribution in [0.4, 0.5) is 5.69 Å². The first-order valence-electron chi connectivity index (χ1n) is 6.25. The maximum Gasteiger partial charge on any atom is 0.350 e. The molecule has 0 spiro atoms. The summed E-state index contributed by atoms with van der Waals surface area (Å²) in [4.78, 5) is 13.3. The van der Waals surface area contributed by atoms with Gasteiger partial charge in [-0.05, 0) is 42.2 Å². The number of rotatable bonds is 3. The van der Waals surface area contributed by atoms with E-state index in [0.717, 1.165) is 28.0 Å². The molecule has 0 saturated heterocycles. The third kappa shape index (κ3) is 2.53. The number of anilines is 1. The molecule has 0 atom stereocenters. The number of thiophene rings is 1. The molecule has 20 heavy (non-hydrogen) atoms. The maximum atomic E-state index is 11.8. The fraction of sp³-hybridized carbons (Fsp3) is 0.267. The maximum absolute atomic E-state index is 11.8. The van der Waals surface area contributed by atoms with E-state index in [1.807, 2.05) is 32.0 Å². The van der Waals surface area contributed by atoms with E-state index >= 15 is 0 Å². The largest absolute Gasteiger partial charge is 0.465 e. The summed E-state index contributed by atoms with van der Waals surface area (Å²) in [6.45, 7) is 4.02. The molecule has 2 rings (SSSR count). The molecule has 106 valence electrons. The van der Waals surface area contributed by atoms with Crippen LogP contribution in [0.2, 0.25) is 5.02 Å². The van der Waals surface area contributed by atoms with E-state index in [-0.39, 0.29) is 5.97 Å². The van der Waals surface area contributed by atoms with Gasteiger partial charge in [0, 0.05) is 9.90 Å². The summed E-state index contributed by atoms with van der Waals surface area (Å²) in [7, 11) is 1.36. The Morgan fingerprint density at radius 1 is 1.45 bits per heavy atom. The lowest BCUT2D eigenvalue weighted by Crippen LogP contribution is -2.02. The second-order valence-corrected chi connectivity index (χ2v) is 5.91. The summed E-state index contributed by atoms with van der Waals surface area (Å²) in [6, 6.07) is 5.71. The van der Waals surface area contributed by atoms with Crippen LogP contribution in [0.3, 0.4) is 0 Å². The molecule has 0 saturated carbocycles. The number of esters is 1. The number of carbonyl (C=O) groups is 1. The van der Waals surface area contributed by atoms with Gasteiger partial charge in [0.25, 0.3) is 0 Å². The SMILES string of the molecule is CCc1c(-c2ccc(Cl)cc2C)sc(C(=O)OC)c1N. The summed E-state index contributed by atoms with van der Waals surface area (Å²) >= 11 is 7.37. The van der Waals surface area contributed by atoms with Gasteiger partial charge < -0.3 is 10.5 Å². The number of hydrogen-bond donors (Lipinski definition) is 1. The molecule has 0 unspecified atom stereocenters. The summed E-state index contributed by atoms with van der Waals surface area (Å²) in [5.41, 5.74) is 9.71. The van der Waals surface area contributed by atoms with Crippen LogP contribution in [0, 0.1) is 6.92 Å². The van der Waals surface area contributed by atoms with Crippen LogP contribution in [-0.4, -0.2) is 13.1 Å². The van der Waals surface area contributed by atoms with Crippen molar-refractivity contribution in [3.63, 3.8) is 0 Å². The van der Waals surface area contributed by atoms with Gasteiger partial charge >= 0.3 is 5.97 Å². The van der Waals surface area contributed by atoms with E-state index in [1.54, 1.807) is 0 Å². The minimum atomic E-state index is -0.389. The van der Waals surface area contributed by atoms with Gasteiger partial charge in [0.15, 0.2) is 0 Å². The van der Waals surface area contributed by atoms with Crippen LogP contribution in [0.25, 0.3) is 10.4 Å². The second-order valence-electron chi connectivity index (χ2n) is 4.46. The zero-order valence-corrected chi connectivity index (χ0v) is 13.2. The minimum Gasteiger partial charge on any atom is -0.465 e. The van der Waals surface area contributed by atoms with Crippen molar-refractivity contribution in [1.29, 1.82) is 0 Å². The molecule has 0 bridgehead atoms. The molecule has 1 heterocycles. The average molecular weight is 310 g/mol. The van der Waals surface area contributed by atoms with Gasteiger partial charge in [-0.3, -0.25) is 0 Å². The van der Waals surface area contributed by atoms with Gasteiger partial charge in [-0.25, -0.2) is 4.79 Å². The number of ether oxygens (including phenoxy) is 1. The van der Waals surface area contributed by atoms with Crippen LogP contribution in [0.1, 0.15) is 27.7 Å².